The van der Waals surface area contributed by atoms with Gasteiger partial charge in [0, 0.05) is 17.8 Å². The number of anilines is 1. The van der Waals surface area contributed by atoms with E-state index in [4.69, 9.17) is 27.5 Å². The fourth-order valence-corrected chi connectivity index (χ4v) is 2.67. The van der Waals surface area contributed by atoms with Gasteiger partial charge in [-0.15, -0.1) is 6.42 Å². The summed E-state index contributed by atoms with van der Waals surface area (Å²) in [6, 6.07) is 10.2. The van der Waals surface area contributed by atoms with Crippen LogP contribution in [0.3, 0.4) is 0 Å². The average Bonchev–Trinajstić information content (AvgIpc) is 2.71. The Balaban J connectivity index is 2.33. The van der Waals surface area contributed by atoms with E-state index < -0.39 is 10.8 Å². The van der Waals surface area contributed by atoms with E-state index >= 15 is 0 Å². The molecule has 152 valence electrons. The molecule has 0 heterocycles. The van der Waals surface area contributed by atoms with Gasteiger partial charge < -0.3 is 14.8 Å². The number of hydrogen-bond donors (Lipinski definition) is 1. The number of halogens is 1. The van der Waals surface area contributed by atoms with Crippen LogP contribution in [0.15, 0.2) is 42.0 Å². The van der Waals surface area contributed by atoms with Crippen molar-refractivity contribution in [3.8, 4) is 29.9 Å². The minimum atomic E-state index is -0.736. The lowest BCUT2D eigenvalue weighted by Gasteiger charge is -2.13. The van der Waals surface area contributed by atoms with Gasteiger partial charge in [0.05, 0.1) is 16.6 Å². The van der Waals surface area contributed by atoms with Crippen LogP contribution < -0.4 is 14.8 Å². The number of nitrogens with one attached hydrogen (secondary N) is 1. The van der Waals surface area contributed by atoms with Gasteiger partial charge in [0.1, 0.15) is 18.2 Å². The number of carbonyl (C=O) groups is 1. The molecular formula is C21H16ClN3O5. The van der Waals surface area contributed by atoms with E-state index in [2.05, 4.69) is 11.2 Å². The average molecular weight is 426 g/mol. The summed E-state index contributed by atoms with van der Waals surface area (Å²) < 4.78 is 10.9. The summed E-state index contributed by atoms with van der Waals surface area (Å²) in [6.45, 7) is 2.09. The summed E-state index contributed by atoms with van der Waals surface area (Å²) in [5.74, 6) is 2.16. The predicted molar refractivity (Wildman–Crippen MR) is 112 cm³/mol. The molecular weight excluding hydrogens is 410 g/mol. The molecule has 9 heteroatoms. The summed E-state index contributed by atoms with van der Waals surface area (Å²) in [5.41, 5.74) is 0.173. The molecule has 2 rings (SSSR count). The van der Waals surface area contributed by atoms with E-state index in [1.807, 2.05) is 0 Å². The Bertz CT molecular complexity index is 1080. The first-order valence-corrected chi connectivity index (χ1v) is 8.97. The smallest absolute Gasteiger partial charge is 0.271 e. The number of benzene rings is 2. The minimum Gasteiger partial charge on any atom is -0.490 e. The van der Waals surface area contributed by atoms with Crippen LogP contribution in [0.2, 0.25) is 5.02 Å². The Hall–Kier alpha value is -4.01. The van der Waals surface area contributed by atoms with E-state index in [1.165, 1.54) is 36.4 Å². The molecule has 0 saturated heterocycles. The Kier molecular flexibility index (Phi) is 7.81. The Morgan fingerprint density at radius 1 is 1.37 bits per heavy atom. The van der Waals surface area contributed by atoms with Crippen molar-refractivity contribution in [1.29, 1.82) is 5.26 Å². The lowest BCUT2D eigenvalue weighted by atomic mass is 10.1. The van der Waals surface area contributed by atoms with Crippen molar-refractivity contribution in [2.75, 3.05) is 18.5 Å². The van der Waals surface area contributed by atoms with Gasteiger partial charge in [0.2, 0.25) is 0 Å². The van der Waals surface area contributed by atoms with Crippen molar-refractivity contribution in [3.05, 3.63) is 62.7 Å². The summed E-state index contributed by atoms with van der Waals surface area (Å²) in [7, 11) is 0. The van der Waals surface area contributed by atoms with Gasteiger partial charge in [0.15, 0.2) is 11.5 Å². The van der Waals surface area contributed by atoms with Gasteiger partial charge in [0.25, 0.3) is 11.6 Å². The molecule has 1 N–H and O–H groups in total. The number of carbonyl (C=O) groups excluding carboxylic acids is 1. The molecule has 2 aromatic rings. The van der Waals surface area contributed by atoms with Crippen LogP contribution in [0.5, 0.6) is 11.5 Å². The highest BCUT2D eigenvalue weighted by molar-refractivity contribution is 6.32. The lowest BCUT2D eigenvalue weighted by molar-refractivity contribution is -0.384. The zero-order chi connectivity index (χ0) is 22.1. The second kappa shape index (κ2) is 10.5. The summed E-state index contributed by atoms with van der Waals surface area (Å²) in [5, 5.41) is 22.9. The van der Waals surface area contributed by atoms with Crippen molar-refractivity contribution >= 4 is 35.0 Å². The number of nitriles is 1. The highest BCUT2D eigenvalue weighted by atomic mass is 35.5. The monoisotopic (exact) mass is 425 g/mol. The third-order valence-electron chi connectivity index (χ3n) is 3.62. The van der Waals surface area contributed by atoms with Crippen LogP contribution in [-0.4, -0.2) is 24.0 Å². The molecule has 0 aromatic heterocycles. The Labute approximate surface area is 177 Å². The zero-order valence-corrected chi connectivity index (χ0v) is 16.6. The van der Waals surface area contributed by atoms with Gasteiger partial charge in [-0.1, -0.05) is 23.6 Å². The van der Waals surface area contributed by atoms with E-state index in [0.29, 0.717) is 17.9 Å². The van der Waals surface area contributed by atoms with Gasteiger partial charge in [-0.3, -0.25) is 14.9 Å². The van der Waals surface area contributed by atoms with Crippen molar-refractivity contribution in [3.63, 3.8) is 0 Å². The normalized spacial score (nSPS) is 10.5. The molecule has 0 saturated carbocycles. The molecule has 0 radical (unpaired) electrons. The van der Waals surface area contributed by atoms with Crippen LogP contribution in [0.25, 0.3) is 6.08 Å². The van der Waals surface area contributed by atoms with Crippen LogP contribution in [0, 0.1) is 33.8 Å². The Morgan fingerprint density at radius 3 is 2.77 bits per heavy atom. The van der Waals surface area contributed by atoms with Crippen LogP contribution in [0.1, 0.15) is 12.5 Å². The van der Waals surface area contributed by atoms with Gasteiger partial charge in [-0.2, -0.15) is 5.26 Å². The van der Waals surface area contributed by atoms with E-state index in [-0.39, 0.29) is 34.3 Å². The van der Waals surface area contributed by atoms with Crippen molar-refractivity contribution in [1.82, 2.24) is 0 Å². The van der Waals surface area contributed by atoms with Gasteiger partial charge in [-0.25, -0.2) is 0 Å². The summed E-state index contributed by atoms with van der Waals surface area (Å²) >= 11 is 6.24. The first-order chi connectivity index (χ1) is 14.4. The van der Waals surface area contributed by atoms with Crippen LogP contribution in [-0.2, 0) is 4.79 Å². The number of amides is 1. The number of terminal acetylenes is 1. The first-order valence-electron chi connectivity index (χ1n) is 8.59. The first kappa shape index (κ1) is 22.3. The number of rotatable bonds is 8. The molecule has 8 nitrogen and oxygen atoms in total. The Morgan fingerprint density at radius 2 is 2.13 bits per heavy atom. The lowest BCUT2D eigenvalue weighted by Crippen LogP contribution is -2.13. The molecule has 0 aliphatic carbocycles. The number of nitro groups is 1. The number of hydrogen-bond acceptors (Lipinski definition) is 6. The third-order valence-corrected chi connectivity index (χ3v) is 3.90. The second-order valence-electron chi connectivity index (χ2n) is 5.69. The maximum absolute atomic E-state index is 12.5. The number of non-ortho nitro benzene ring substituents is 1. The standard InChI is InChI=1S/C21H16ClN3O5/c1-3-8-30-20-18(22)10-14(11-19(20)29-4-2)9-15(13-23)21(26)24-16-6-5-7-17(12-16)25(27)28/h1,5-7,9-12H,4,8H2,2H3,(H,24,26)/b15-9+. The number of ether oxygens (including phenoxy) is 2. The van der Waals surface area contributed by atoms with Crippen molar-refractivity contribution in [2.45, 2.75) is 6.92 Å². The predicted octanol–water partition coefficient (Wildman–Crippen LogP) is 4.20. The summed E-state index contributed by atoms with van der Waals surface area (Å²) in [6.07, 6.45) is 6.51. The molecule has 0 bridgehead atoms. The second-order valence-corrected chi connectivity index (χ2v) is 6.09. The minimum absolute atomic E-state index is 0.00988. The molecule has 2 aromatic carbocycles. The van der Waals surface area contributed by atoms with Gasteiger partial charge in [-0.05, 0) is 36.8 Å². The molecule has 0 spiro atoms. The van der Waals surface area contributed by atoms with Crippen molar-refractivity contribution < 1.29 is 19.2 Å². The molecule has 1 amide bonds. The maximum Gasteiger partial charge on any atom is 0.271 e. The molecule has 0 fully saturated rings. The molecule has 0 unspecified atom stereocenters. The van der Waals surface area contributed by atoms with E-state index in [9.17, 15) is 20.2 Å². The molecule has 0 aliphatic heterocycles. The molecule has 0 aliphatic rings. The maximum atomic E-state index is 12.5. The zero-order valence-electron chi connectivity index (χ0n) is 15.8. The summed E-state index contributed by atoms with van der Waals surface area (Å²) in [4.78, 5) is 22.7. The largest absolute Gasteiger partial charge is 0.490 e. The fourth-order valence-electron chi connectivity index (χ4n) is 2.40. The topological polar surface area (TPSA) is 114 Å². The number of nitro benzene ring substituents is 1. The number of nitrogens with zero attached hydrogens (tertiary/aromatic N) is 2. The quantitative estimate of drug-likeness (QED) is 0.223. The fraction of sp³-hybridized carbons (Fsp3) is 0.143. The third kappa shape index (κ3) is 5.74. The van der Waals surface area contributed by atoms with Crippen LogP contribution >= 0.6 is 11.6 Å². The van der Waals surface area contributed by atoms with E-state index in [0.717, 1.165) is 0 Å². The molecule has 0 atom stereocenters. The van der Waals surface area contributed by atoms with Crippen LogP contribution in [0.4, 0.5) is 11.4 Å². The highest BCUT2D eigenvalue weighted by Gasteiger charge is 2.15. The molecule has 30 heavy (non-hydrogen) atoms. The van der Waals surface area contributed by atoms with Crippen molar-refractivity contribution in [2.24, 2.45) is 0 Å². The highest BCUT2D eigenvalue weighted by Crippen LogP contribution is 2.37. The SMILES string of the molecule is C#CCOc1c(Cl)cc(/C=C(\C#N)C(=O)Nc2cccc([N+](=O)[O-])c2)cc1OCC. The van der Waals surface area contributed by atoms with Gasteiger partial charge >= 0.3 is 0 Å². The van der Waals surface area contributed by atoms with E-state index in [1.54, 1.807) is 19.1 Å².